The van der Waals surface area contributed by atoms with Crippen LogP contribution in [0.1, 0.15) is 24.0 Å². The number of carbonyl (C=O) groups excluding carboxylic acids is 1. The second kappa shape index (κ2) is 5.72. The Morgan fingerprint density at radius 3 is 2.83 bits per heavy atom. The van der Waals surface area contributed by atoms with Crippen molar-refractivity contribution in [2.75, 3.05) is 13.6 Å². The lowest BCUT2D eigenvalue weighted by molar-refractivity contribution is -0.122. The molecule has 1 aromatic carbocycles. The molecule has 0 radical (unpaired) electrons. The van der Waals surface area contributed by atoms with Crippen LogP contribution in [0.3, 0.4) is 0 Å². The molecule has 0 aromatic heterocycles. The van der Waals surface area contributed by atoms with Crippen LogP contribution in [0.4, 0.5) is 0 Å². The minimum atomic E-state index is 0.117. The molecule has 1 N–H and O–H groups in total. The van der Waals surface area contributed by atoms with Gasteiger partial charge in [-0.05, 0) is 50.1 Å². The van der Waals surface area contributed by atoms with Crippen molar-refractivity contribution < 1.29 is 4.79 Å². The van der Waals surface area contributed by atoms with E-state index in [-0.39, 0.29) is 5.91 Å². The molecule has 0 atom stereocenters. The summed E-state index contributed by atoms with van der Waals surface area (Å²) < 4.78 is 0. The first-order valence-electron chi connectivity index (χ1n) is 6.27. The maximum Gasteiger partial charge on any atom is 0.234 e. The van der Waals surface area contributed by atoms with E-state index in [2.05, 4.69) is 5.32 Å². The maximum atomic E-state index is 11.7. The summed E-state index contributed by atoms with van der Waals surface area (Å²) in [6.45, 7) is 3.25. The molecule has 4 heteroatoms. The number of halogens is 1. The van der Waals surface area contributed by atoms with Crippen molar-refractivity contribution in [1.29, 1.82) is 0 Å². The number of benzene rings is 1. The van der Waals surface area contributed by atoms with Gasteiger partial charge in [0.05, 0.1) is 6.54 Å². The molecule has 1 aliphatic carbocycles. The standard InChI is InChI=1S/C14H19ClN2O/c1-10-7-12(15)4-3-11(10)8-17(2)9-14(18)16-13-5-6-13/h3-4,7,13H,5-6,8-9H2,1-2H3,(H,16,18). The van der Waals surface area contributed by atoms with Gasteiger partial charge in [-0.3, -0.25) is 9.69 Å². The van der Waals surface area contributed by atoms with Crippen molar-refractivity contribution >= 4 is 17.5 Å². The van der Waals surface area contributed by atoms with Crippen LogP contribution < -0.4 is 5.32 Å². The van der Waals surface area contributed by atoms with Crippen LogP contribution in [0.2, 0.25) is 5.02 Å². The molecule has 1 fully saturated rings. The van der Waals surface area contributed by atoms with Gasteiger partial charge in [0, 0.05) is 17.6 Å². The van der Waals surface area contributed by atoms with Gasteiger partial charge < -0.3 is 5.32 Å². The Morgan fingerprint density at radius 1 is 1.50 bits per heavy atom. The lowest BCUT2D eigenvalue weighted by atomic mass is 10.1. The van der Waals surface area contributed by atoms with E-state index >= 15 is 0 Å². The predicted octanol–water partition coefficient (Wildman–Crippen LogP) is 2.36. The van der Waals surface area contributed by atoms with E-state index in [9.17, 15) is 4.79 Å². The van der Waals surface area contributed by atoms with Gasteiger partial charge in [-0.25, -0.2) is 0 Å². The molecule has 1 saturated carbocycles. The van der Waals surface area contributed by atoms with Gasteiger partial charge in [-0.1, -0.05) is 17.7 Å². The number of nitrogens with zero attached hydrogens (tertiary/aromatic N) is 1. The van der Waals surface area contributed by atoms with Crippen LogP contribution >= 0.6 is 11.6 Å². The number of aryl methyl sites for hydroxylation is 1. The molecule has 0 saturated heterocycles. The quantitative estimate of drug-likeness (QED) is 0.887. The van der Waals surface area contributed by atoms with Crippen LogP contribution in [-0.4, -0.2) is 30.4 Å². The third-order valence-corrected chi connectivity index (χ3v) is 3.34. The molecule has 1 aliphatic rings. The number of amides is 1. The maximum absolute atomic E-state index is 11.7. The summed E-state index contributed by atoms with van der Waals surface area (Å²) in [7, 11) is 1.96. The number of hydrogen-bond donors (Lipinski definition) is 1. The van der Waals surface area contributed by atoms with Gasteiger partial charge >= 0.3 is 0 Å². The van der Waals surface area contributed by atoms with Gasteiger partial charge in [0.1, 0.15) is 0 Å². The van der Waals surface area contributed by atoms with Gasteiger partial charge in [-0.2, -0.15) is 0 Å². The summed E-state index contributed by atoms with van der Waals surface area (Å²) >= 11 is 5.92. The number of likely N-dealkylation sites (N-methyl/N-ethyl adjacent to an activating group) is 1. The lowest BCUT2D eigenvalue weighted by Gasteiger charge is -2.17. The Hall–Kier alpha value is -1.06. The second-order valence-electron chi connectivity index (χ2n) is 5.08. The molecule has 18 heavy (non-hydrogen) atoms. The number of nitrogens with one attached hydrogen (secondary N) is 1. The van der Waals surface area contributed by atoms with E-state index in [0.717, 1.165) is 30.0 Å². The number of hydrogen-bond acceptors (Lipinski definition) is 2. The highest BCUT2D eigenvalue weighted by Crippen LogP contribution is 2.19. The fourth-order valence-corrected chi connectivity index (χ4v) is 2.16. The summed E-state index contributed by atoms with van der Waals surface area (Å²) in [6, 6.07) is 6.30. The van der Waals surface area contributed by atoms with E-state index < -0.39 is 0 Å². The van der Waals surface area contributed by atoms with Crippen LogP contribution in [0, 0.1) is 6.92 Å². The van der Waals surface area contributed by atoms with E-state index in [1.165, 1.54) is 5.56 Å². The summed E-state index contributed by atoms with van der Waals surface area (Å²) in [6.07, 6.45) is 2.26. The fraction of sp³-hybridized carbons (Fsp3) is 0.500. The van der Waals surface area contributed by atoms with Gasteiger partial charge in [0.2, 0.25) is 5.91 Å². The predicted molar refractivity (Wildman–Crippen MR) is 73.7 cm³/mol. The largest absolute Gasteiger partial charge is 0.352 e. The molecule has 3 nitrogen and oxygen atoms in total. The van der Waals surface area contributed by atoms with Crippen LogP contribution in [0.15, 0.2) is 18.2 Å². The van der Waals surface area contributed by atoms with E-state index in [0.29, 0.717) is 12.6 Å². The molecule has 98 valence electrons. The zero-order chi connectivity index (χ0) is 13.1. The van der Waals surface area contributed by atoms with Crippen molar-refractivity contribution in [3.8, 4) is 0 Å². The highest BCUT2D eigenvalue weighted by molar-refractivity contribution is 6.30. The Bertz CT molecular complexity index is 443. The summed E-state index contributed by atoms with van der Waals surface area (Å²) in [5.41, 5.74) is 2.37. The summed E-state index contributed by atoms with van der Waals surface area (Å²) in [5.74, 6) is 0.117. The van der Waals surface area contributed by atoms with Gasteiger partial charge in [0.15, 0.2) is 0 Å². The van der Waals surface area contributed by atoms with E-state index in [4.69, 9.17) is 11.6 Å². The van der Waals surface area contributed by atoms with Gasteiger partial charge in [-0.15, -0.1) is 0 Å². The molecule has 0 unspecified atom stereocenters. The third-order valence-electron chi connectivity index (χ3n) is 3.10. The molecular weight excluding hydrogens is 248 g/mol. The Labute approximate surface area is 113 Å². The van der Waals surface area contributed by atoms with Gasteiger partial charge in [0.25, 0.3) is 0 Å². The average Bonchev–Trinajstić information content (AvgIpc) is 3.05. The zero-order valence-corrected chi connectivity index (χ0v) is 11.6. The number of carbonyl (C=O) groups is 1. The molecular formula is C14H19ClN2O. The number of rotatable bonds is 5. The minimum absolute atomic E-state index is 0.117. The van der Waals surface area contributed by atoms with Crippen molar-refractivity contribution in [1.82, 2.24) is 10.2 Å². The monoisotopic (exact) mass is 266 g/mol. The second-order valence-corrected chi connectivity index (χ2v) is 5.52. The molecule has 1 aromatic rings. The van der Waals surface area contributed by atoms with Crippen molar-refractivity contribution in [3.63, 3.8) is 0 Å². The Morgan fingerprint density at radius 2 is 2.22 bits per heavy atom. The van der Waals surface area contributed by atoms with Crippen LogP contribution in [0.25, 0.3) is 0 Å². The smallest absolute Gasteiger partial charge is 0.234 e. The topological polar surface area (TPSA) is 32.3 Å². The Kier molecular flexibility index (Phi) is 4.25. The first-order valence-corrected chi connectivity index (χ1v) is 6.65. The summed E-state index contributed by atoms with van der Waals surface area (Å²) in [4.78, 5) is 13.7. The average molecular weight is 267 g/mol. The van der Waals surface area contributed by atoms with E-state index in [1.54, 1.807) is 0 Å². The highest BCUT2D eigenvalue weighted by atomic mass is 35.5. The van der Waals surface area contributed by atoms with Crippen molar-refractivity contribution in [2.24, 2.45) is 0 Å². The minimum Gasteiger partial charge on any atom is -0.352 e. The SMILES string of the molecule is Cc1cc(Cl)ccc1CN(C)CC(=O)NC1CC1. The van der Waals surface area contributed by atoms with Crippen molar-refractivity contribution in [2.45, 2.75) is 32.4 Å². The Balaban J connectivity index is 1.85. The highest BCUT2D eigenvalue weighted by Gasteiger charge is 2.23. The summed E-state index contributed by atoms with van der Waals surface area (Å²) in [5, 5.41) is 3.75. The molecule has 1 amide bonds. The molecule has 0 aliphatic heterocycles. The third kappa shape index (κ3) is 4.00. The first-order chi connectivity index (χ1) is 8.54. The fourth-order valence-electron chi connectivity index (χ4n) is 1.93. The molecule has 0 bridgehead atoms. The van der Waals surface area contributed by atoms with Crippen LogP contribution in [0.5, 0.6) is 0 Å². The molecule has 0 spiro atoms. The van der Waals surface area contributed by atoms with Crippen LogP contribution in [-0.2, 0) is 11.3 Å². The molecule has 0 heterocycles. The lowest BCUT2D eigenvalue weighted by Crippen LogP contribution is -2.36. The normalized spacial score (nSPS) is 14.9. The molecule has 2 rings (SSSR count). The van der Waals surface area contributed by atoms with Crippen molar-refractivity contribution in [3.05, 3.63) is 34.3 Å². The van der Waals surface area contributed by atoms with E-state index in [1.807, 2.05) is 37.1 Å². The zero-order valence-electron chi connectivity index (χ0n) is 10.9. The first kappa shape index (κ1) is 13.4.